The number of anilines is 1. The molecule has 1 saturated carbocycles. The summed E-state index contributed by atoms with van der Waals surface area (Å²) in [4.78, 5) is 19.4. The first kappa shape index (κ1) is 38.4. The van der Waals surface area contributed by atoms with E-state index in [1.54, 1.807) is 0 Å². The first-order valence-corrected chi connectivity index (χ1v) is 18.3. The third-order valence-corrected chi connectivity index (χ3v) is 9.30. The summed E-state index contributed by atoms with van der Waals surface area (Å²) in [6.07, 6.45) is 18.6. The second kappa shape index (κ2) is 21.1. The number of aliphatic imine (C=N–C) groups is 1. The van der Waals surface area contributed by atoms with Crippen LogP contribution in [0.1, 0.15) is 141 Å². The Hall–Kier alpha value is -2.82. The number of allylic oxidation sites excluding steroid dienone is 3. The van der Waals surface area contributed by atoms with Crippen LogP contribution < -0.4 is 10.6 Å². The predicted molar refractivity (Wildman–Crippen MR) is 203 cm³/mol. The van der Waals surface area contributed by atoms with E-state index in [2.05, 4.69) is 84.8 Å². The molecule has 1 aromatic rings. The summed E-state index contributed by atoms with van der Waals surface area (Å²) in [5.41, 5.74) is 5.97. The van der Waals surface area contributed by atoms with Crippen LogP contribution in [0.15, 0.2) is 65.5 Å². The molecule has 0 bridgehead atoms. The van der Waals surface area contributed by atoms with Crippen LogP contribution in [0, 0.1) is 11.8 Å². The highest BCUT2D eigenvalue weighted by Gasteiger charge is 2.27. The summed E-state index contributed by atoms with van der Waals surface area (Å²) in [5.74, 6) is 2.29. The van der Waals surface area contributed by atoms with Gasteiger partial charge in [0.1, 0.15) is 6.04 Å². The molecule has 0 spiro atoms. The van der Waals surface area contributed by atoms with E-state index in [9.17, 15) is 4.79 Å². The number of nitrogens with one attached hydrogen (secondary N) is 2. The second-order valence-electron chi connectivity index (χ2n) is 12.9. The van der Waals surface area contributed by atoms with Crippen molar-refractivity contribution < 1.29 is 9.07 Å². The molecule has 2 atom stereocenters. The first-order valence-electron chi connectivity index (χ1n) is 18.3. The van der Waals surface area contributed by atoms with E-state index in [-0.39, 0.29) is 16.2 Å². The summed E-state index contributed by atoms with van der Waals surface area (Å²) in [7, 11) is 0. The minimum Gasteiger partial charge on any atom is -0.375 e. The van der Waals surface area contributed by atoms with E-state index in [4.69, 9.17) is 0 Å². The highest BCUT2D eigenvalue weighted by Crippen LogP contribution is 2.39. The Bertz CT molecular complexity index is 1090. The van der Waals surface area contributed by atoms with Gasteiger partial charge in [0.2, 0.25) is 5.91 Å². The van der Waals surface area contributed by atoms with E-state index in [0.29, 0.717) is 12.0 Å². The molecule has 1 aromatic carbocycles. The van der Waals surface area contributed by atoms with Crippen molar-refractivity contribution in [2.45, 2.75) is 144 Å². The number of amides is 1. The van der Waals surface area contributed by atoms with Gasteiger partial charge >= 0.3 is 0 Å². The number of hydrogen-bond donors (Lipinski definition) is 2. The maximum Gasteiger partial charge on any atom is 0.246 e. The number of hydrogen-bond acceptors (Lipinski definition) is 4. The van der Waals surface area contributed by atoms with Crippen molar-refractivity contribution in [3.05, 3.63) is 66.0 Å². The van der Waals surface area contributed by atoms with E-state index in [1.807, 2.05) is 33.9 Å². The molecule has 4 aliphatic rings. The van der Waals surface area contributed by atoms with Crippen molar-refractivity contribution in [2.75, 3.05) is 18.4 Å². The molecule has 5 nitrogen and oxygen atoms in total. The standard InChI is InChI=1S/C33H46N4O.C3H8.2C2H6.3H2/c1-23-20-31(34-22-23)12-7-26-16-18-37(19-17-26)25(3)21-27-5-8-28(9-6-27)29-10-13-30(14-11-29)36-32-15-4-24(2)35-33(32)38;1-3-2;2*1-2;;;/h10-11,13-14,20,22,26-28,31-32,36H,2-9,12,15-19,21H2,1H3,(H,35,38);3H2,1-2H3;2*1-2H3;3*1H. The zero-order valence-corrected chi connectivity index (χ0v) is 30.0. The number of carbonyl (C=O) groups is 1. The van der Waals surface area contributed by atoms with Crippen molar-refractivity contribution >= 4 is 17.8 Å². The SMILES string of the molecule is C=C1CCC(Nc2ccc(C3CCC(CC(=C)N4CCC(CCC5C=C(C)C=N5)CC4)CC3)cc2)C(=O)N1.CC.CC.CCC.[HH].[HH].[HH]. The highest BCUT2D eigenvalue weighted by molar-refractivity contribution is 5.87. The van der Waals surface area contributed by atoms with Crippen LogP contribution in [0.25, 0.3) is 0 Å². The van der Waals surface area contributed by atoms with Gasteiger partial charge in [-0.15, -0.1) is 0 Å². The lowest BCUT2D eigenvalue weighted by atomic mass is 9.77. The van der Waals surface area contributed by atoms with E-state index in [0.717, 1.165) is 42.5 Å². The monoisotopic (exact) mass is 625 g/mol. The van der Waals surface area contributed by atoms with Gasteiger partial charge in [-0.05, 0) is 119 Å². The minimum absolute atomic E-state index is 0. The summed E-state index contributed by atoms with van der Waals surface area (Å²) < 4.78 is 0. The number of rotatable bonds is 9. The molecule has 1 aliphatic carbocycles. The molecule has 258 valence electrons. The Balaban J connectivity index is 0. The molecule has 3 fully saturated rings. The average Bonchev–Trinajstić information content (AvgIpc) is 3.49. The molecule has 3 heterocycles. The minimum atomic E-state index is -0.172. The van der Waals surface area contributed by atoms with Crippen LogP contribution >= 0.6 is 0 Å². The quantitative estimate of drug-likeness (QED) is 0.287. The molecule has 3 aliphatic heterocycles. The van der Waals surface area contributed by atoms with Gasteiger partial charge in [-0.2, -0.15) is 0 Å². The lowest BCUT2D eigenvalue weighted by Crippen LogP contribution is -2.43. The molecule has 5 rings (SSSR count). The Labute approximate surface area is 281 Å². The predicted octanol–water partition coefficient (Wildman–Crippen LogP) is 11.2. The smallest absolute Gasteiger partial charge is 0.246 e. The van der Waals surface area contributed by atoms with Gasteiger partial charge < -0.3 is 15.5 Å². The number of piperidine rings is 2. The Kier molecular flexibility index (Phi) is 18.0. The molecule has 1 amide bonds. The Morgan fingerprint density at radius 2 is 1.58 bits per heavy atom. The van der Waals surface area contributed by atoms with Crippen molar-refractivity contribution in [3.63, 3.8) is 0 Å². The Morgan fingerprint density at radius 1 is 0.956 bits per heavy atom. The first-order chi connectivity index (χ1) is 21.8. The highest BCUT2D eigenvalue weighted by atomic mass is 16.2. The summed E-state index contributed by atoms with van der Waals surface area (Å²) in [6.45, 7) is 25.1. The van der Waals surface area contributed by atoms with Gasteiger partial charge in [0.05, 0.1) is 6.04 Å². The van der Waals surface area contributed by atoms with E-state index < -0.39 is 0 Å². The van der Waals surface area contributed by atoms with Crippen molar-refractivity contribution in [1.82, 2.24) is 10.2 Å². The van der Waals surface area contributed by atoms with Crippen LogP contribution in [-0.2, 0) is 4.79 Å². The topological polar surface area (TPSA) is 56.7 Å². The Morgan fingerprint density at radius 3 is 2.13 bits per heavy atom. The molecule has 2 saturated heterocycles. The van der Waals surface area contributed by atoms with Crippen LogP contribution in [-0.4, -0.2) is 42.2 Å². The fraction of sp³-hybridized carbons (Fsp3) is 0.650. The molecular formula is C40H72N4O. The number of nitrogens with zero attached hydrogens (tertiary/aromatic N) is 2. The molecule has 0 aromatic heterocycles. The zero-order valence-electron chi connectivity index (χ0n) is 30.0. The largest absolute Gasteiger partial charge is 0.375 e. The van der Waals surface area contributed by atoms with E-state index >= 15 is 0 Å². The van der Waals surface area contributed by atoms with Gasteiger partial charge in [-0.3, -0.25) is 9.79 Å². The van der Waals surface area contributed by atoms with Crippen molar-refractivity contribution in [2.24, 2.45) is 16.8 Å². The van der Waals surface area contributed by atoms with Crippen molar-refractivity contribution in [3.8, 4) is 0 Å². The number of carbonyl (C=O) groups excluding carboxylic acids is 1. The van der Waals surface area contributed by atoms with Crippen LogP contribution in [0.4, 0.5) is 5.69 Å². The van der Waals surface area contributed by atoms with Gasteiger partial charge in [0.15, 0.2) is 0 Å². The third-order valence-electron chi connectivity index (χ3n) is 9.30. The number of benzene rings is 1. The molecule has 2 N–H and O–H groups in total. The molecule has 5 heteroatoms. The van der Waals surface area contributed by atoms with Gasteiger partial charge in [0, 0.05) is 40.7 Å². The van der Waals surface area contributed by atoms with E-state index in [1.165, 1.54) is 87.7 Å². The molecule has 2 unspecified atom stereocenters. The summed E-state index contributed by atoms with van der Waals surface area (Å²) >= 11 is 0. The fourth-order valence-corrected chi connectivity index (χ4v) is 6.83. The average molecular weight is 625 g/mol. The lowest BCUT2D eigenvalue weighted by Gasteiger charge is -2.37. The van der Waals surface area contributed by atoms with Gasteiger partial charge in [0.25, 0.3) is 0 Å². The maximum atomic E-state index is 12.2. The second-order valence-corrected chi connectivity index (χ2v) is 12.9. The fourth-order valence-electron chi connectivity index (χ4n) is 6.83. The third kappa shape index (κ3) is 12.8. The van der Waals surface area contributed by atoms with Crippen LogP contribution in [0.5, 0.6) is 0 Å². The number of likely N-dealkylation sites (tertiary alicyclic amines) is 1. The normalized spacial score (nSPS) is 24.5. The van der Waals surface area contributed by atoms with Crippen LogP contribution in [0.3, 0.4) is 0 Å². The summed E-state index contributed by atoms with van der Waals surface area (Å²) in [5, 5.41) is 6.25. The maximum absolute atomic E-state index is 12.2. The summed E-state index contributed by atoms with van der Waals surface area (Å²) in [6, 6.07) is 9.05. The van der Waals surface area contributed by atoms with Gasteiger partial charge in [-0.25, -0.2) is 0 Å². The van der Waals surface area contributed by atoms with Gasteiger partial charge in [-0.1, -0.05) is 79.3 Å². The molecule has 45 heavy (non-hydrogen) atoms. The molecule has 0 radical (unpaired) electrons. The molecular weight excluding hydrogens is 552 g/mol. The van der Waals surface area contributed by atoms with Crippen molar-refractivity contribution in [1.29, 1.82) is 0 Å². The zero-order chi connectivity index (χ0) is 33.2. The lowest BCUT2D eigenvalue weighted by molar-refractivity contribution is -0.122. The van der Waals surface area contributed by atoms with Crippen LogP contribution in [0.2, 0.25) is 0 Å².